The number of rotatable bonds is 8. The van der Waals surface area contributed by atoms with Gasteiger partial charge in [0.2, 0.25) is 5.91 Å². The van der Waals surface area contributed by atoms with E-state index >= 15 is 0 Å². The molecule has 0 aliphatic carbocycles. The van der Waals surface area contributed by atoms with Gasteiger partial charge in [0.15, 0.2) is 6.61 Å². The number of carbonyl (C=O) groups excluding carboxylic acids is 3. The third-order valence-electron chi connectivity index (χ3n) is 5.14. The van der Waals surface area contributed by atoms with Gasteiger partial charge in [-0.25, -0.2) is 4.39 Å². The number of nitrogens with zero attached hydrogens (tertiary/aromatic N) is 1. The molecule has 30 heavy (non-hydrogen) atoms. The van der Waals surface area contributed by atoms with Crippen molar-refractivity contribution < 1.29 is 23.5 Å². The molecule has 0 bridgehead atoms. The van der Waals surface area contributed by atoms with Crippen LogP contribution in [-0.4, -0.2) is 37.5 Å². The van der Waals surface area contributed by atoms with Crippen LogP contribution in [-0.2, 0) is 32.0 Å². The summed E-state index contributed by atoms with van der Waals surface area (Å²) in [5, 5.41) is 2.60. The molecule has 1 fully saturated rings. The van der Waals surface area contributed by atoms with Crippen molar-refractivity contribution in [3.63, 3.8) is 0 Å². The molecule has 1 N–H and O–H groups in total. The lowest BCUT2D eigenvalue weighted by molar-refractivity contribution is -0.152. The van der Waals surface area contributed by atoms with Crippen molar-refractivity contribution in [1.29, 1.82) is 0 Å². The van der Waals surface area contributed by atoms with Crippen molar-refractivity contribution >= 4 is 23.5 Å². The van der Waals surface area contributed by atoms with Crippen LogP contribution >= 0.6 is 0 Å². The number of hydrogen-bond donors (Lipinski definition) is 1. The molecule has 1 aliphatic rings. The van der Waals surface area contributed by atoms with E-state index in [9.17, 15) is 18.8 Å². The molecule has 0 spiro atoms. The molecular weight excluding hydrogens is 387 g/mol. The van der Waals surface area contributed by atoms with Gasteiger partial charge in [0.25, 0.3) is 5.91 Å². The van der Waals surface area contributed by atoms with E-state index in [-0.39, 0.29) is 31.2 Å². The van der Waals surface area contributed by atoms with Crippen molar-refractivity contribution in [2.75, 3.05) is 24.6 Å². The van der Waals surface area contributed by atoms with Gasteiger partial charge < -0.3 is 15.0 Å². The van der Waals surface area contributed by atoms with E-state index in [4.69, 9.17) is 4.74 Å². The van der Waals surface area contributed by atoms with Gasteiger partial charge in [-0.15, -0.1) is 0 Å². The second kappa shape index (κ2) is 10.0. The third kappa shape index (κ3) is 5.23. The number of ether oxygens (including phenoxy) is 1. The zero-order valence-electron chi connectivity index (χ0n) is 16.9. The Morgan fingerprint density at radius 1 is 1.13 bits per heavy atom. The zero-order chi connectivity index (χ0) is 21.5. The molecule has 1 aliphatic heterocycles. The molecule has 3 rings (SSSR count). The summed E-state index contributed by atoms with van der Waals surface area (Å²) in [6, 6.07) is 14.0. The Hall–Kier alpha value is -3.22. The molecule has 2 amide bonds. The fraction of sp³-hybridized carbons (Fsp3) is 0.348. The van der Waals surface area contributed by atoms with Gasteiger partial charge in [-0.1, -0.05) is 43.3 Å². The number of esters is 1. The molecule has 1 saturated heterocycles. The van der Waals surface area contributed by atoms with Crippen LogP contribution in [0, 0.1) is 11.7 Å². The molecule has 158 valence electrons. The van der Waals surface area contributed by atoms with Gasteiger partial charge in [0.1, 0.15) is 5.82 Å². The summed E-state index contributed by atoms with van der Waals surface area (Å²) in [6.07, 6.45) is 1.18. The fourth-order valence-electron chi connectivity index (χ4n) is 3.51. The molecule has 0 aromatic heterocycles. The van der Waals surface area contributed by atoms with Gasteiger partial charge in [-0.05, 0) is 36.1 Å². The lowest BCUT2D eigenvalue weighted by Crippen LogP contribution is -2.32. The highest BCUT2D eigenvalue weighted by Crippen LogP contribution is 2.29. The van der Waals surface area contributed by atoms with Crippen molar-refractivity contribution in [2.24, 2.45) is 5.92 Å². The highest BCUT2D eigenvalue weighted by Gasteiger charge is 2.36. The second-order valence-electron chi connectivity index (χ2n) is 7.19. The number of anilines is 1. The number of para-hydroxylation sites is 1. The Bertz CT molecular complexity index is 931. The smallest absolute Gasteiger partial charge is 0.311 e. The number of aryl methyl sites for hydroxylation is 1. The fourth-order valence-corrected chi connectivity index (χ4v) is 3.51. The van der Waals surface area contributed by atoms with E-state index in [1.807, 2.05) is 31.2 Å². The van der Waals surface area contributed by atoms with E-state index in [1.165, 1.54) is 6.07 Å². The average molecular weight is 412 g/mol. The van der Waals surface area contributed by atoms with Gasteiger partial charge in [0, 0.05) is 25.2 Å². The number of benzene rings is 2. The van der Waals surface area contributed by atoms with Crippen LogP contribution in [0.4, 0.5) is 10.1 Å². The minimum atomic E-state index is -0.603. The molecule has 0 unspecified atom stereocenters. The minimum absolute atomic E-state index is 0.0613. The summed E-state index contributed by atoms with van der Waals surface area (Å²) in [5.74, 6) is -2.08. The molecule has 0 saturated carbocycles. The number of halogens is 1. The molecule has 1 heterocycles. The maximum Gasteiger partial charge on any atom is 0.311 e. The van der Waals surface area contributed by atoms with Gasteiger partial charge in [-0.3, -0.25) is 14.4 Å². The van der Waals surface area contributed by atoms with Crippen molar-refractivity contribution in [2.45, 2.75) is 26.2 Å². The first-order chi connectivity index (χ1) is 14.5. The van der Waals surface area contributed by atoms with E-state index in [2.05, 4.69) is 5.32 Å². The Labute approximate surface area is 175 Å². The Kier molecular flexibility index (Phi) is 7.17. The largest absolute Gasteiger partial charge is 0.455 e. The minimum Gasteiger partial charge on any atom is -0.455 e. The summed E-state index contributed by atoms with van der Waals surface area (Å²) >= 11 is 0. The molecule has 2 aromatic carbocycles. The zero-order valence-corrected chi connectivity index (χ0v) is 16.9. The lowest BCUT2D eigenvalue weighted by Gasteiger charge is -2.19. The molecule has 6 nitrogen and oxygen atoms in total. The highest BCUT2D eigenvalue weighted by molar-refractivity contribution is 6.00. The van der Waals surface area contributed by atoms with Crippen LogP contribution < -0.4 is 10.2 Å². The Morgan fingerprint density at radius 3 is 2.57 bits per heavy atom. The summed E-state index contributed by atoms with van der Waals surface area (Å²) in [4.78, 5) is 38.3. The number of carbonyl (C=O) groups is 3. The SMILES string of the molecule is CCc1ccccc1N1C[C@H](C(=O)OCC(=O)NCCc2ccccc2F)CC1=O. The van der Waals surface area contributed by atoms with Crippen molar-refractivity contribution in [3.05, 3.63) is 65.5 Å². The maximum absolute atomic E-state index is 13.6. The van der Waals surface area contributed by atoms with E-state index in [0.717, 1.165) is 17.7 Å². The lowest BCUT2D eigenvalue weighted by atomic mass is 10.1. The number of amides is 2. The van der Waals surface area contributed by atoms with Crippen molar-refractivity contribution in [3.8, 4) is 0 Å². The summed E-state index contributed by atoms with van der Waals surface area (Å²) < 4.78 is 18.7. The Balaban J connectivity index is 1.45. The molecular formula is C23H25FN2O4. The van der Waals surface area contributed by atoms with Crippen LogP contribution in [0.1, 0.15) is 24.5 Å². The maximum atomic E-state index is 13.6. The quantitative estimate of drug-likeness (QED) is 0.677. The molecule has 7 heteroatoms. The first kappa shape index (κ1) is 21.5. The van der Waals surface area contributed by atoms with E-state index in [1.54, 1.807) is 23.1 Å². The van der Waals surface area contributed by atoms with Crippen LogP contribution in [0.2, 0.25) is 0 Å². The van der Waals surface area contributed by atoms with E-state index in [0.29, 0.717) is 12.0 Å². The summed E-state index contributed by atoms with van der Waals surface area (Å²) in [5.41, 5.74) is 2.35. The van der Waals surface area contributed by atoms with Crippen molar-refractivity contribution in [1.82, 2.24) is 5.32 Å². The summed E-state index contributed by atoms with van der Waals surface area (Å²) in [6.45, 7) is 2.06. The predicted octanol–water partition coefficient (Wildman–Crippen LogP) is 2.64. The summed E-state index contributed by atoms with van der Waals surface area (Å²) in [7, 11) is 0. The van der Waals surface area contributed by atoms with Gasteiger partial charge in [0.05, 0.1) is 5.92 Å². The van der Waals surface area contributed by atoms with Crippen LogP contribution in [0.15, 0.2) is 48.5 Å². The standard InChI is InChI=1S/C23H25FN2O4/c1-2-16-7-4-6-10-20(16)26-14-18(13-22(26)28)23(29)30-15-21(27)25-12-11-17-8-3-5-9-19(17)24/h3-10,18H,2,11-15H2,1H3,(H,25,27)/t18-/m1/s1. The molecule has 0 radical (unpaired) electrons. The normalized spacial score (nSPS) is 15.9. The topological polar surface area (TPSA) is 75.7 Å². The number of hydrogen-bond acceptors (Lipinski definition) is 4. The van der Waals surface area contributed by atoms with Gasteiger partial charge in [-0.2, -0.15) is 0 Å². The molecule has 1 atom stereocenters. The Morgan fingerprint density at radius 2 is 1.83 bits per heavy atom. The predicted molar refractivity (Wildman–Crippen MR) is 110 cm³/mol. The second-order valence-corrected chi connectivity index (χ2v) is 7.19. The van der Waals surface area contributed by atoms with Gasteiger partial charge >= 0.3 is 5.97 Å². The monoisotopic (exact) mass is 412 g/mol. The average Bonchev–Trinajstić information content (AvgIpc) is 3.15. The highest BCUT2D eigenvalue weighted by atomic mass is 19.1. The first-order valence-corrected chi connectivity index (χ1v) is 10.0. The third-order valence-corrected chi connectivity index (χ3v) is 5.14. The van der Waals surface area contributed by atoms with Crippen LogP contribution in [0.5, 0.6) is 0 Å². The molecule has 2 aromatic rings. The number of nitrogens with one attached hydrogen (secondary N) is 1. The first-order valence-electron chi connectivity index (χ1n) is 10.0. The van der Waals surface area contributed by atoms with Crippen LogP contribution in [0.25, 0.3) is 0 Å². The van der Waals surface area contributed by atoms with Crippen LogP contribution in [0.3, 0.4) is 0 Å². The van der Waals surface area contributed by atoms with E-state index < -0.39 is 24.4 Å².